The Hall–Kier alpha value is -3.84. The summed E-state index contributed by atoms with van der Waals surface area (Å²) in [6.45, 7) is 2.92. The third kappa shape index (κ3) is 6.98. The van der Waals surface area contributed by atoms with Crippen molar-refractivity contribution in [2.24, 2.45) is 5.92 Å². The van der Waals surface area contributed by atoms with Gasteiger partial charge in [-0.05, 0) is 92.2 Å². The standard InChI is InChI=1S/C30H30N2O6S/c1-39(35,36)38-28-4-2-3-23(19-28)20-31-29(33)24-7-11-27(12-8-24)37-26-9-5-22(6-10-26)13-16-30(34)21-32-17-14-25(30)15-18-32/h2-12,19,25,34H,14-15,17-18,20-21H2,1H3,(H,31,33)/t30-/m0/s1. The lowest BCUT2D eigenvalue weighted by Crippen LogP contribution is -2.58. The number of hydrogen-bond acceptors (Lipinski definition) is 7. The lowest BCUT2D eigenvalue weighted by atomic mass is 9.76. The third-order valence-corrected chi connectivity index (χ3v) is 7.45. The van der Waals surface area contributed by atoms with E-state index >= 15 is 0 Å². The number of amides is 1. The van der Waals surface area contributed by atoms with Crippen molar-refractivity contribution in [3.63, 3.8) is 0 Å². The number of nitrogens with one attached hydrogen (secondary N) is 1. The van der Waals surface area contributed by atoms with E-state index in [0.717, 1.165) is 37.8 Å². The lowest BCUT2D eigenvalue weighted by molar-refractivity contribution is -0.0713. The SMILES string of the molecule is CS(=O)(=O)Oc1cccc(CNC(=O)c2ccc(Oc3ccc(C#C[C@]4(O)CN5CCC4CC5)cc3)cc2)c1. The van der Waals surface area contributed by atoms with E-state index in [1.807, 2.05) is 24.3 Å². The Labute approximate surface area is 228 Å². The Bertz CT molecular complexity index is 1500. The van der Waals surface area contributed by atoms with E-state index in [4.69, 9.17) is 8.92 Å². The van der Waals surface area contributed by atoms with Crippen molar-refractivity contribution in [2.45, 2.75) is 25.0 Å². The second-order valence-electron chi connectivity index (χ2n) is 9.99. The van der Waals surface area contributed by atoms with Crippen molar-refractivity contribution in [2.75, 3.05) is 25.9 Å². The molecule has 3 aromatic carbocycles. The van der Waals surface area contributed by atoms with Crippen LogP contribution >= 0.6 is 0 Å². The molecule has 3 fully saturated rings. The fourth-order valence-electron chi connectivity index (χ4n) is 4.94. The molecule has 2 N–H and O–H groups in total. The summed E-state index contributed by atoms with van der Waals surface area (Å²) in [6.07, 6.45) is 2.97. The number of aliphatic hydroxyl groups is 1. The average Bonchev–Trinajstić information content (AvgIpc) is 2.92. The molecule has 6 rings (SSSR count). The Morgan fingerprint density at radius 2 is 1.69 bits per heavy atom. The van der Waals surface area contributed by atoms with Crippen LogP contribution < -0.4 is 14.2 Å². The van der Waals surface area contributed by atoms with Crippen LogP contribution in [0.1, 0.15) is 34.3 Å². The first-order chi connectivity index (χ1) is 18.6. The van der Waals surface area contributed by atoms with Gasteiger partial charge in [-0.2, -0.15) is 8.42 Å². The van der Waals surface area contributed by atoms with Gasteiger partial charge >= 0.3 is 10.1 Å². The average molecular weight is 547 g/mol. The molecular formula is C30H30N2O6S. The van der Waals surface area contributed by atoms with Gasteiger partial charge in [-0.3, -0.25) is 9.69 Å². The van der Waals surface area contributed by atoms with Gasteiger partial charge in [0.15, 0.2) is 0 Å². The first kappa shape index (κ1) is 26.8. The summed E-state index contributed by atoms with van der Waals surface area (Å²) >= 11 is 0. The van der Waals surface area contributed by atoms with Crippen molar-refractivity contribution < 1.29 is 27.2 Å². The second kappa shape index (κ2) is 11.1. The van der Waals surface area contributed by atoms with Crippen LogP contribution in [0.5, 0.6) is 17.2 Å². The van der Waals surface area contributed by atoms with Crippen LogP contribution in [-0.2, 0) is 16.7 Å². The number of piperidine rings is 3. The van der Waals surface area contributed by atoms with Gasteiger partial charge < -0.3 is 19.3 Å². The molecule has 0 aromatic heterocycles. The van der Waals surface area contributed by atoms with Crippen molar-refractivity contribution in [3.05, 3.63) is 89.5 Å². The summed E-state index contributed by atoms with van der Waals surface area (Å²) in [6, 6.07) is 20.7. The van der Waals surface area contributed by atoms with Gasteiger partial charge in [0.25, 0.3) is 5.91 Å². The minimum atomic E-state index is -3.62. The first-order valence-electron chi connectivity index (χ1n) is 12.8. The molecule has 0 aliphatic carbocycles. The van der Waals surface area contributed by atoms with Crippen molar-refractivity contribution in [1.29, 1.82) is 0 Å². The minimum Gasteiger partial charge on any atom is -0.457 e. The van der Waals surface area contributed by atoms with Gasteiger partial charge in [0, 0.05) is 30.1 Å². The number of rotatable bonds is 7. The maximum Gasteiger partial charge on any atom is 0.306 e. The summed E-state index contributed by atoms with van der Waals surface area (Å²) in [5.41, 5.74) is 1.04. The summed E-state index contributed by atoms with van der Waals surface area (Å²) in [5, 5.41) is 13.8. The highest BCUT2D eigenvalue weighted by Crippen LogP contribution is 2.35. The van der Waals surface area contributed by atoms with Crippen LogP contribution in [-0.4, -0.2) is 55.8 Å². The minimum absolute atomic E-state index is 0.192. The van der Waals surface area contributed by atoms with E-state index in [9.17, 15) is 18.3 Å². The lowest BCUT2D eigenvalue weighted by Gasteiger charge is -2.47. The molecule has 0 saturated carbocycles. The molecule has 0 radical (unpaired) electrons. The first-order valence-corrected chi connectivity index (χ1v) is 14.6. The quantitative estimate of drug-likeness (QED) is 0.345. The van der Waals surface area contributed by atoms with Crippen molar-refractivity contribution in [3.8, 4) is 29.1 Å². The van der Waals surface area contributed by atoms with Crippen LogP contribution in [0.15, 0.2) is 72.8 Å². The van der Waals surface area contributed by atoms with Crippen LogP contribution in [0.2, 0.25) is 0 Å². The molecule has 2 bridgehead atoms. The number of benzene rings is 3. The fraction of sp³-hybridized carbons (Fsp3) is 0.300. The zero-order chi connectivity index (χ0) is 27.5. The topological polar surface area (TPSA) is 105 Å². The zero-order valence-electron chi connectivity index (χ0n) is 21.6. The van der Waals surface area contributed by atoms with Crippen molar-refractivity contribution in [1.82, 2.24) is 10.2 Å². The van der Waals surface area contributed by atoms with E-state index in [-0.39, 0.29) is 24.1 Å². The molecule has 39 heavy (non-hydrogen) atoms. The van der Waals surface area contributed by atoms with E-state index in [2.05, 4.69) is 22.1 Å². The van der Waals surface area contributed by atoms with Gasteiger partial charge in [0.05, 0.1) is 6.26 Å². The van der Waals surface area contributed by atoms with Crippen LogP contribution in [0.25, 0.3) is 0 Å². The highest BCUT2D eigenvalue weighted by molar-refractivity contribution is 7.86. The smallest absolute Gasteiger partial charge is 0.306 e. The van der Waals surface area contributed by atoms with Gasteiger partial charge in [0.1, 0.15) is 22.8 Å². The highest BCUT2D eigenvalue weighted by Gasteiger charge is 2.44. The number of hydrogen-bond donors (Lipinski definition) is 2. The van der Waals surface area contributed by atoms with E-state index in [1.165, 1.54) is 6.07 Å². The fourth-order valence-corrected chi connectivity index (χ4v) is 5.40. The van der Waals surface area contributed by atoms with Crippen LogP contribution in [0.4, 0.5) is 0 Å². The molecule has 3 aromatic rings. The summed E-state index contributed by atoms with van der Waals surface area (Å²) in [5.74, 6) is 7.62. The summed E-state index contributed by atoms with van der Waals surface area (Å²) < 4.78 is 33.4. The van der Waals surface area contributed by atoms with Crippen LogP contribution in [0.3, 0.4) is 0 Å². The predicted molar refractivity (Wildman–Crippen MR) is 147 cm³/mol. The molecule has 8 nitrogen and oxygen atoms in total. The van der Waals surface area contributed by atoms with E-state index in [1.54, 1.807) is 42.5 Å². The monoisotopic (exact) mass is 546 g/mol. The normalized spacial score (nSPS) is 21.9. The third-order valence-electron chi connectivity index (χ3n) is 6.96. The maximum absolute atomic E-state index is 12.6. The molecule has 9 heteroatoms. The maximum atomic E-state index is 12.6. The number of carbonyl (C=O) groups is 1. The molecule has 3 aliphatic heterocycles. The number of fused-ring (bicyclic) bond motifs is 3. The Morgan fingerprint density at radius 1 is 1.03 bits per heavy atom. The highest BCUT2D eigenvalue weighted by atomic mass is 32.2. The van der Waals surface area contributed by atoms with E-state index < -0.39 is 15.7 Å². The number of carbonyl (C=O) groups excluding carboxylic acids is 1. The Kier molecular flexibility index (Phi) is 7.62. The molecule has 202 valence electrons. The Morgan fingerprint density at radius 3 is 2.31 bits per heavy atom. The number of ether oxygens (including phenoxy) is 1. The Balaban J connectivity index is 1.14. The van der Waals surface area contributed by atoms with E-state index in [0.29, 0.717) is 29.2 Å². The van der Waals surface area contributed by atoms with Gasteiger partial charge in [-0.1, -0.05) is 24.0 Å². The molecule has 0 unspecified atom stereocenters. The summed E-state index contributed by atoms with van der Waals surface area (Å²) in [7, 11) is -3.62. The molecule has 3 aliphatic rings. The predicted octanol–water partition coefficient (Wildman–Crippen LogP) is 3.56. The molecule has 1 amide bonds. The molecule has 3 saturated heterocycles. The zero-order valence-corrected chi connectivity index (χ0v) is 22.4. The molecule has 0 spiro atoms. The van der Waals surface area contributed by atoms with Gasteiger partial charge in [-0.15, -0.1) is 0 Å². The van der Waals surface area contributed by atoms with Crippen molar-refractivity contribution >= 4 is 16.0 Å². The number of nitrogens with zero attached hydrogens (tertiary/aromatic N) is 1. The van der Waals surface area contributed by atoms with Gasteiger partial charge in [-0.25, -0.2) is 0 Å². The van der Waals surface area contributed by atoms with Crippen LogP contribution in [0, 0.1) is 17.8 Å². The molecular weight excluding hydrogens is 516 g/mol. The molecule has 3 heterocycles. The second-order valence-corrected chi connectivity index (χ2v) is 11.6. The molecule has 1 atom stereocenters. The summed E-state index contributed by atoms with van der Waals surface area (Å²) in [4.78, 5) is 14.8. The largest absolute Gasteiger partial charge is 0.457 e. The van der Waals surface area contributed by atoms with Gasteiger partial charge in [0.2, 0.25) is 0 Å².